The fourth-order valence-electron chi connectivity index (χ4n) is 3.89. The molecule has 1 N–H and O–H groups in total. The largest absolute Gasteiger partial charge is 0.483 e. The highest BCUT2D eigenvalue weighted by molar-refractivity contribution is 6.01. The third-order valence-electron chi connectivity index (χ3n) is 5.46. The van der Waals surface area contributed by atoms with Gasteiger partial charge in [0.25, 0.3) is 5.91 Å². The minimum atomic E-state index is -4.47. The molecule has 0 bridgehead atoms. The highest BCUT2D eigenvalue weighted by atomic mass is 19.4. The first-order valence-corrected chi connectivity index (χ1v) is 9.26. The Balaban J connectivity index is 1.89. The van der Waals surface area contributed by atoms with E-state index in [1.165, 1.54) is 12.1 Å². The molecule has 0 unspecified atom stereocenters. The molecule has 0 saturated carbocycles. The molecule has 0 fully saturated rings. The van der Waals surface area contributed by atoms with Crippen molar-refractivity contribution in [2.24, 2.45) is 7.05 Å². The molecule has 152 valence electrons. The van der Waals surface area contributed by atoms with Crippen molar-refractivity contribution in [3.05, 3.63) is 58.4 Å². The monoisotopic (exact) mass is 403 g/mol. The van der Waals surface area contributed by atoms with Crippen LogP contribution in [0.4, 0.5) is 13.2 Å². The van der Waals surface area contributed by atoms with Gasteiger partial charge in [-0.2, -0.15) is 13.2 Å². The van der Waals surface area contributed by atoms with Crippen molar-refractivity contribution in [1.82, 2.24) is 14.9 Å². The van der Waals surface area contributed by atoms with Crippen molar-refractivity contribution in [1.29, 1.82) is 0 Å². The van der Waals surface area contributed by atoms with Gasteiger partial charge in [0.1, 0.15) is 17.4 Å². The standard InChI is InChI=1S/C21H20F3N3O2/c1-11-26-18-16(27(11)3)10-14(20(28)25-2)12-8-9-17(29-19(12)18)13-6-4-5-7-15(13)21(22,23)24/h4-7,10,17H,8-9H2,1-3H3,(H,25,28)/t17-/m0/s1. The van der Waals surface area contributed by atoms with Gasteiger partial charge in [-0.25, -0.2) is 4.98 Å². The summed E-state index contributed by atoms with van der Waals surface area (Å²) in [6.45, 7) is 1.82. The number of carbonyl (C=O) groups excluding carboxylic acids is 1. The summed E-state index contributed by atoms with van der Waals surface area (Å²) in [5.74, 6) is 0.843. The molecule has 2 aromatic carbocycles. The van der Waals surface area contributed by atoms with Gasteiger partial charge in [0.2, 0.25) is 0 Å². The summed E-state index contributed by atoms with van der Waals surface area (Å²) in [5.41, 5.74) is 1.78. The molecule has 4 rings (SSSR count). The Labute approximate surface area is 165 Å². The average Bonchev–Trinajstić information content (AvgIpc) is 3.00. The lowest BCUT2D eigenvalue weighted by Gasteiger charge is -2.29. The molecule has 1 aliphatic heterocycles. The van der Waals surface area contributed by atoms with Gasteiger partial charge in [0, 0.05) is 30.8 Å². The Morgan fingerprint density at radius 2 is 2.03 bits per heavy atom. The van der Waals surface area contributed by atoms with Crippen molar-refractivity contribution in [2.75, 3.05) is 7.05 Å². The number of amides is 1. The lowest BCUT2D eigenvalue weighted by Crippen LogP contribution is -2.24. The molecule has 0 aliphatic carbocycles. The quantitative estimate of drug-likeness (QED) is 0.693. The Bertz CT molecular complexity index is 1120. The molecule has 1 aliphatic rings. The van der Waals surface area contributed by atoms with Crippen molar-refractivity contribution in [3.8, 4) is 5.75 Å². The zero-order valence-corrected chi connectivity index (χ0v) is 16.2. The fraction of sp³-hybridized carbons (Fsp3) is 0.333. The van der Waals surface area contributed by atoms with Crippen molar-refractivity contribution in [2.45, 2.75) is 32.0 Å². The van der Waals surface area contributed by atoms with Gasteiger partial charge in [-0.15, -0.1) is 0 Å². The SMILES string of the molecule is CNC(=O)c1cc2c(nc(C)n2C)c2c1CC[C@@H](c1ccccc1C(F)(F)F)O2. The van der Waals surface area contributed by atoms with E-state index in [2.05, 4.69) is 10.3 Å². The molecule has 3 aromatic rings. The number of imidazole rings is 1. The highest BCUT2D eigenvalue weighted by Gasteiger charge is 2.37. The van der Waals surface area contributed by atoms with Crippen LogP contribution in [-0.4, -0.2) is 22.5 Å². The van der Waals surface area contributed by atoms with Gasteiger partial charge < -0.3 is 14.6 Å². The van der Waals surface area contributed by atoms with Crippen LogP contribution >= 0.6 is 0 Å². The van der Waals surface area contributed by atoms with Gasteiger partial charge in [-0.05, 0) is 31.9 Å². The summed E-state index contributed by atoms with van der Waals surface area (Å²) in [4.78, 5) is 17.0. The number of fused-ring (bicyclic) bond motifs is 3. The van der Waals surface area contributed by atoms with Gasteiger partial charge in [-0.3, -0.25) is 4.79 Å². The first kappa shape index (κ1) is 19.3. The molecule has 0 spiro atoms. The molecule has 0 radical (unpaired) electrons. The second kappa shape index (κ2) is 6.79. The van der Waals surface area contributed by atoms with Crippen LogP contribution in [0.25, 0.3) is 11.0 Å². The summed E-state index contributed by atoms with van der Waals surface area (Å²) in [7, 11) is 3.36. The number of carbonyl (C=O) groups is 1. The van der Waals surface area contributed by atoms with Crippen LogP contribution in [0.15, 0.2) is 30.3 Å². The summed E-state index contributed by atoms with van der Waals surface area (Å²) in [6, 6.07) is 7.22. The predicted octanol–water partition coefficient (Wildman–Crippen LogP) is 4.33. The molecule has 1 aromatic heterocycles. The van der Waals surface area contributed by atoms with Crippen LogP contribution in [0.5, 0.6) is 5.75 Å². The van der Waals surface area contributed by atoms with Gasteiger partial charge in [-0.1, -0.05) is 18.2 Å². The zero-order chi connectivity index (χ0) is 20.9. The Morgan fingerprint density at radius 3 is 2.72 bits per heavy atom. The van der Waals surface area contributed by atoms with Gasteiger partial charge in [0.05, 0.1) is 11.1 Å². The summed E-state index contributed by atoms with van der Waals surface area (Å²) < 4.78 is 48.4. The zero-order valence-electron chi connectivity index (χ0n) is 16.2. The third-order valence-corrected chi connectivity index (χ3v) is 5.46. The number of benzene rings is 2. The number of rotatable bonds is 2. The average molecular weight is 403 g/mol. The van der Waals surface area contributed by atoms with Gasteiger partial charge in [0.15, 0.2) is 5.75 Å². The van der Waals surface area contributed by atoms with Gasteiger partial charge >= 0.3 is 6.18 Å². The van der Waals surface area contributed by atoms with Crippen LogP contribution < -0.4 is 10.1 Å². The Kier molecular flexibility index (Phi) is 4.52. The van der Waals surface area contributed by atoms with Crippen LogP contribution in [0.2, 0.25) is 0 Å². The van der Waals surface area contributed by atoms with E-state index in [0.717, 1.165) is 11.9 Å². The maximum absolute atomic E-state index is 13.5. The maximum atomic E-state index is 13.5. The second-order valence-electron chi connectivity index (χ2n) is 7.13. The number of halogens is 3. The Morgan fingerprint density at radius 1 is 1.31 bits per heavy atom. The van der Waals surface area contributed by atoms with Crippen LogP contribution in [-0.2, 0) is 19.6 Å². The lowest BCUT2D eigenvalue weighted by molar-refractivity contribution is -0.139. The highest BCUT2D eigenvalue weighted by Crippen LogP contribution is 2.44. The van der Waals surface area contributed by atoms with Crippen molar-refractivity contribution >= 4 is 16.9 Å². The first-order valence-electron chi connectivity index (χ1n) is 9.26. The molecule has 0 saturated heterocycles. The maximum Gasteiger partial charge on any atom is 0.416 e. The molecular weight excluding hydrogens is 383 g/mol. The van der Waals surface area contributed by atoms with E-state index >= 15 is 0 Å². The van der Waals surface area contributed by atoms with Crippen LogP contribution in [0, 0.1) is 6.92 Å². The summed E-state index contributed by atoms with van der Waals surface area (Å²) in [5, 5.41) is 2.62. The van der Waals surface area contributed by atoms with E-state index < -0.39 is 17.8 Å². The van der Waals surface area contributed by atoms with E-state index in [0.29, 0.717) is 40.8 Å². The normalized spacial score (nSPS) is 16.4. The molecule has 29 heavy (non-hydrogen) atoms. The number of aromatic nitrogens is 2. The van der Waals surface area contributed by atoms with Crippen molar-refractivity contribution < 1.29 is 22.7 Å². The molecule has 1 atom stereocenters. The number of hydrogen-bond acceptors (Lipinski definition) is 3. The van der Waals surface area contributed by atoms with E-state index in [9.17, 15) is 18.0 Å². The molecule has 1 amide bonds. The number of nitrogens with zero attached hydrogens (tertiary/aromatic N) is 2. The van der Waals surface area contributed by atoms with Crippen molar-refractivity contribution in [3.63, 3.8) is 0 Å². The number of aryl methyl sites for hydroxylation is 2. The van der Waals surface area contributed by atoms with Crippen LogP contribution in [0.1, 0.15) is 45.4 Å². The van der Waals surface area contributed by atoms with E-state index in [-0.39, 0.29) is 11.5 Å². The second-order valence-corrected chi connectivity index (χ2v) is 7.13. The minimum Gasteiger partial charge on any atom is -0.483 e. The number of hydrogen-bond donors (Lipinski definition) is 1. The number of ether oxygens (including phenoxy) is 1. The fourth-order valence-corrected chi connectivity index (χ4v) is 3.89. The molecule has 8 heteroatoms. The smallest absolute Gasteiger partial charge is 0.416 e. The molecule has 5 nitrogen and oxygen atoms in total. The molecular formula is C21H20F3N3O2. The third kappa shape index (κ3) is 3.12. The Hall–Kier alpha value is -3.03. The minimum absolute atomic E-state index is 0.0943. The van der Waals surface area contributed by atoms with E-state index in [1.807, 2.05) is 18.5 Å². The summed E-state index contributed by atoms with van der Waals surface area (Å²) in [6.07, 6.45) is -4.49. The number of alkyl halides is 3. The topological polar surface area (TPSA) is 56.2 Å². The van der Waals surface area contributed by atoms with Crippen LogP contribution in [0.3, 0.4) is 0 Å². The lowest BCUT2D eigenvalue weighted by atomic mass is 9.91. The summed E-state index contributed by atoms with van der Waals surface area (Å²) >= 11 is 0. The first-order chi connectivity index (χ1) is 13.7. The van der Waals surface area contributed by atoms with E-state index in [1.54, 1.807) is 19.2 Å². The molecule has 2 heterocycles. The number of nitrogens with one attached hydrogen (secondary N) is 1. The van der Waals surface area contributed by atoms with E-state index in [4.69, 9.17) is 4.74 Å². The predicted molar refractivity (Wildman–Crippen MR) is 102 cm³/mol.